The van der Waals surface area contributed by atoms with Crippen LogP contribution in [0.25, 0.3) is 21.5 Å². The molecule has 3 nitrogen and oxygen atoms in total. The van der Waals surface area contributed by atoms with Crippen molar-refractivity contribution >= 4 is 21.5 Å². The minimum Gasteiger partial charge on any atom is -0.264 e. The number of fused-ring (bicyclic) bond motifs is 2. The Kier molecular flexibility index (Phi) is 5.57. The van der Waals surface area contributed by atoms with Gasteiger partial charge in [-0.3, -0.25) is 15.0 Å². The molecule has 0 saturated heterocycles. The van der Waals surface area contributed by atoms with Gasteiger partial charge in [0.1, 0.15) is 0 Å². The molecule has 0 aliphatic rings. The first-order valence-corrected chi connectivity index (χ1v) is 9.08. The molecule has 4 aromatic rings. The van der Waals surface area contributed by atoms with E-state index < -0.39 is 0 Å². The van der Waals surface area contributed by atoms with Gasteiger partial charge in [-0.1, -0.05) is 52.0 Å². The SMILES string of the molecule is CC(C)c1cncc2ccccc12.CC(C)c1cncc2ccncc12. The molecule has 0 aliphatic heterocycles. The van der Waals surface area contributed by atoms with Gasteiger partial charge >= 0.3 is 0 Å². The number of pyridine rings is 3. The summed E-state index contributed by atoms with van der Waals surface area (Å²) in [5.74, 6) is 1.04. The summed E-state index contributed by atoms with van der Waals surface area (Å²) < 4.78 is 0. The molecule has 1 aromatic carbocycles. The standard InChI is InChI=1S/C12H13N.C11H12N2/c1-9(2)12-8-13-7-10-5-3-4-6-11(10)12;1-8(2)10-6-13-5-9-3-4-12-7-11(9)10/h3-9H,1-2H3;3-8H,1-2H3. The zero-order valence-electron chi connectivity index (χ0n) is 15.8. The van der Waals surface area contributed by atoms with E-state index in [0.29, 0.717) is 11.8 Å². The van der Waals surface area contributed by atoms with Crippen LogP contribution in [0, 0.1) is 0 Å². The average Bonchev–Trinajstić information content (AvgIpc) is 2.67. The van der Waals surface area contributed by atoms with Gasteiger partial charge in [0.05, 0.1) is 0 Å². The van der Waals surface area contributed by atoms with Crippen LogP contribution in [0.5, 0.6) is 0 Å². The van der Waals surface area contributed by atoms with E-state index in [4.69, 9.17) is 0 Å². The maximum Gasteiger partial charge on any atom is 0.0350 e. The Bertz CT molecular complexity index is 912. The summed E-state index contributed by atoms with van der Waals surface area (Å²) in [6.45, 7) is 8.74. The summed E-state index contributed by atoms with van der Waals surface area (Å²) in [7, 11) is 0. The van der Waals surface area contributed by atoms with E-state index in [1.165, 1.54) is 32.7 Å². The predicted octanol–water partition coefficient (Wildman–Crippen LogP) is 6.11. The molecule has 3 heteroatoms. The van der Waals surface area contributed by atoms with Crippen LogP contribution in [0.4, 0.5) is 0 Å². The lowest BCUT2D eigenvalue weighted by atomic mass is 9.99. The molecular formula is C23H25N3. The fourth-order valence-electron chi connectivity index (χ4n) is 3.09. The van der Waals surface area contributed by atoms with Gasteiger partial charge in [-0.2, -0.15) is 0 Å². The molecule has 0 bridgehead atoms. The number of nitrogens with zero attached hydrogens (tertiary/aromatic N) is 3. The molecule has 0 fully saturated rings. The molecule has 0 N–H and O–H groups in total. The van der Waals surface area contributed by atoms with Gasteiger partial charge in [0.15, 0.2) is 0 Å². The van der Waals surface area contributed by atoms with Crippen molar-refractivity contribution in [2.24, 2.45) is 0 Å². The highest BCUT2D eigenvalue weighted by atomic mass is 14.7. The molecule has 0 unspecified atom stereocenters. The Balaban J connectivity index is 0.000000151. The largest absolute Gasteiger partial charge is 0.264 e. The fraction of sp³-hybridized carbons (Fsp3) is 0.261. The van der Waals surface area contributed by atoms with Gasteiger partial charge in [-0.25, -0.2) is 0 Å². The summed E-state index contributed by atoms with van der Waals surface area (Å²) in [5, 5.41) is 4.94. The summed E-state index contributed by atoms with van der Waals surface area (Å²) in [5.41, 5.74) is 2.60. The maximum absolute atomic E-state index is 4.23. The second-order valence-electron chi connectivity index (χ2n) is 7.08. The fourth-order valence-corrected chi connectivity index (χ4v) is 3.09. The van der Waals surface area contributed by atoms with Gasteiger partial charge in [-0.05, 0) is 34.4 Å². The van der Waals surface area contributed by atoms with Crippen molar-refractivity contribution < 1.29 is 0 Å². The predicted molar refractivity (Wildman–Crippen MR) is 109 cm³/mol. The Labute approximate surface area is 155 Å². The van der Waals surface area contributed by atoms with E-state index >= 15 is 0 Å². The van der Waals surface area contributed by atoms with Crippen molar-refractivity contribution in [1.29, 1.82) is 0 Å². The first kappa shape index (κ1) is 18.0. The van der Waals surface area contributed by atoms with E-state index in [0.717, 1.165) is 0 Å². The van der Waals surface area contributed by atoms with E-state index in [9.17, 15) is 0 Å². The van der Waals surface area contributed by atoms with Crippen LogP contribution < -0.4 is 0 Å². The number of benzene rings is 1. The molecular weight excluding hydrogens is 318 g/mol. The summed E-state index contributed by atoms with van der Waals surface area (Å²) in [4.78, 5) is 12.6. The van der Waals surface area contributed by atoms with Crippen LogP contribution in [0.3, 0.4) is 0 Å². The van der Waals surface area contributed by atoms with Gasteiger partial charge < -0.3 is 0 Å². The molecule has 4 rings (SSSR count). The molecule has 0 saturated carbocycles. The van der Waals surface area contributed by atoms with E-state index in [-0.39, 0.29) is 0 Å². The van der Waals surface area contributed by atoms with Crippen molar-refractivity contribution in [2.45, 2.75) is 39.5 Å². The molecule has 3 aromatic heterocycles. The molecule has 0 atom stereocenters. The number of hydrogen-bond acceptors (Lipinski definition) is 3. The molecule has 26 heavy (non-hydrogen) atoms. The Morgan fingerprint density at radius 3 is 1.81 bits per heavy atom. The first-order chi connectivity index (χ1) is 12.6. The maximum atomic E-state index is 4.23. The van der Waals surface area contributed by atoms with Crippen LogP contribution in [0.15, 0.2) is 67.5 Å². The van der Waals surface area contributed by atoms with Gasteiger partial charge in [0.2, 0.25) is 0 Å². The zero-order chi connectivity index (χ0) is 18.5. The lowest BCUT2D eigenvalue weighted by molar-refractivity contribution is 0.868. The smallest absolute Gasteiger partial charge is 0.0350 e. The van der Waals surface area contributed by atoms with Crippen molar-refractivity contribution in [3.8, 4) is 0 Å². The number of hydrogen-bond donors (Lipinski definition) is 0. The second kappa shape index (κ2) is 8.05. The minimum atomic E-state index is 0.500. The molecule has 0 aliphatic carbocycles. The third-order valence-electron chi connectivity index (χ3n) is 4.54. The molecule has 0 spiro atoms. The van der Waals surface area contributed by atoms with E-state index in [1.807, 2.05) is 43.1 Å². The quantitative estimate of drug-likeness (QED) is 0.440. The van der Waals surface area contributed by atoms with Crippen molar-refractivity contribution in [3.63, 3.8) is 0 Å². The summed E-state index contributed by atoms with van der Waals surface area (Å²) in [6, 6.07) is 10.4. The highest BCUT2D eigenvalue weighted by Gasteiger charge is 2.05. The summed E-state index contributed by atoms with van der Waals surface area (Å²) in [6.07, 6.45) is 11.4. The third kappa shape index (κ3) is 3.88. The Morgan fingerprint density at radius 2 is 1.15 bits per heavy atom. The average molecular weight is 343 g/mol. The van der Waals surface area contributed by atoms with E-state index in [1.54, 1.807) is 6.20 Å². The van der Waals surface area contributed by atoms with E-state index in [2.05, 4.69) is 60.8 Å². The highest BCUT2D eigenvalue weighted by Crippen LogP contribution is 2.24. The second-order valence-corrected chi connectivity index (χ2v) is 7.08. The monoisotopic (exact) mass is 343 g/mol. The third-order valence-corrected chi connectivity index (χ3v) is 4.54. The highest BCUT2D eigenvalue weighted by molar-refractivity contribution is 5.85. The van der Waals surface area contributed by atoms with Crippen LogP contribution in [-0.4, -0.2) is 15.0 Å². The Hall–Kier alpha value is -2.81. The van der Waals surface area contributed by atoms with Crippen molar-refractivity contribution in [1.82, 2.24) is 15.0 Å². The molecule has 132 valence electrons. The summed E-state index contributed by atoms with van der Waals surface area (Å²) >= 11 is 0. The lowest BCUT2D eigenvalue weighted by Gasteiger charge is -2.08. The van der Waals surface area contributed by atoms with Crippen LogP contribution in [0.2, 0.25) is 0 Å². The van der Waals surface area contributed by atoms with Gasteiger partial charge in [-0.15, -0.1) is 0 Å². The van der Waals surface area contributed by atoms with Gasteiger partial charge in [0.25, 0.3) is 0 Å². The van der Waals surface area contributed by atoms with Crippen LogP contribution in [0.1, 0.15) is 50.7 Å². The molecule has 0 radical (unpaired) electrons. The number of aromatic nitrogens is 3. The van der Waals surface area contributed by atoms with Crippen molar-refractivity contribution in [3.05, 3.63) is 78.6 Å². The van der Waals surface area contributed by atoms with Crippen LogP contribution >= 0.6 is 0 Å². The zero-order valence-corrected chi connectivity index (χ0v) is 15.8. The van der Waals surface area contributed by atoms with Crippen LogP contribution in [-0.2, 0) is 0 Å². The topological polar surface area (TPSA) is 38.7 Å². The normalized spacial score (nSPS) is 11.0. The Morgan fingerprint density at radius 1 is 0.577 bits per heavy atom. The van der Waals surface area contributed by atoms with Gasteiger partial charge in [0, 0.05) is 53.3 Å². The first-order valence-electron chi connectivity index (χ1n) is 9.08. The molecule has 3 heterocycles. The lowest BCUT2D eigenvalue weighted by Crippen LogP contribution is -1.91. The number of rotatable bonds is 2. The van der Waals surface area contributed by atoms with Crippen molar-refractivity contribution in [2.75, 3.05) is 0 Å². The molecule has 0 amide bonds. The minimum absolute atomic E-state index is 0.500.